The van der Waals surface area contributed by atoms with Gasteiger partial charge in [0.25, 0.3) is 0 Å². The van der Waals surface area contributed by atoms with E-state index in [0.29, 0.717) is 10.2 Å². The summed E-state index contributed by atoms with van der Waals surface area (Å²) in [6.07, 6.45) is 2.60. The van der Waals surface area contributed by atoms with E-state index in [9.17, 15) is 9.90 Å². The van der Waals surface area contributed by atoms with E-state index < -0.39 is 26.3 Å². The average Bonchev–Trinajstić information content (AvgIpc) is 2.44. The Hall–Kier alpha value is -0.473. The van der Waals surface area contributed by atoms with Gasteiger partial charge in [0.2, 0.25) is 5.79 Å². The highest BCUT2D eigenvalue weighted by molar-refractivity contribution is 9.10. The lowest BCUT2D eigenvalue weighted by Gasteiger charge is -2.54. The summed E-state index contributed by atoms with van der Waals surface area (Å²) in [5.74, 6) is -1.16. The molecule has 0 saturated carbocycles. The molecular weight excluding hydrogens is 402 g/mol. The lowest BCUT2D eigenvalue weighted by atomic mass is 9.75. The first kappa shape index (κ1) is 20.8. The first-order valence-corrected chi connectivity index (χ1v) is 12.3. The number of aromatic nitrogens is 1. The van der Waals surface area contributed by atoms with E-state index in [1.807, 2.05) is 4.57 Å². The van der Waals surface area contributed by atoms with Crippen LogP contribution < -0.4 is 5.43 Å². The zero-order chi connectivity index (χ0) is 19.3. The van der Waals surface area contributed by atoms with Crippen LogP contribution in [0.2, 0.25) is 18.1 Å². The summed E-state index contributed by atoms with van der Waals surface area (Å²) >= 11 is 3.32. The number of pyridine rings is 1. The predicted octanol–water partition coefficient (Wildman–Crippen LogP) is 4.18. The first-order chi connectivity index (χ1) is 11.3. The molecule has 0 saturated heterocycles. The fraction of sp³-hybridized carbons (Fsp3) is 0.722. The molecule has 2 rings (SSSR count). The molecule has 1 aliphatic heterocycles. The number of nitrogens with zero attached hydrogens (tertiary/aromatic N) is 1. The first-order valence-electron chi connectivity index (χ1n) is 8.63. The van der Waals surface area contributed by atoms with Crippen molar-refractivity contribution in [1.82, 2.24) is 4.57 Å². The van der Waals surface area contributed by atoms with Gasteiger partial charge in [-0.05, 0) is 40.5 Å². The minimum absolute atomic E-state index is 0.0349. The van der Waals surface area contributed by atoms with E-state index >= 15 is 0 Å². The van der Waals surface area contributed by atoms with Gasteiger partial charge in [-0.3, -0.25) is 4.79 Å². The Morgan fingerprint density at radius 3 is 2.48 bits per heavy atom. The van der Waals surface area contributed by atoms with Crippen LogP contribution >= 0.6 is 15.9 Å². The number of fused-ring (bicyclic) bond motifs is 1. The molecule has 1 aliphatic rings. The van der Waals surface area contributed by atoms with Crippen molar-refractivity contribution in [3.63, 3.8) is 0 Å². The lowest BCUT2D eigenvalue weighted by Crippen LogP contribution is -2.59. The van der Waals surface area contributed by atoms with Crippen molar-refractivity contribution >= 4 is 24.2 Å². The van der Waals surface area contributed by atoms with Crippen LogP contribution in [0.15, 0.2) is 21.5 Å². The molecule has 2 heterocycles. The number of aliphatic hydroxyl groups excluding tert-OH is 1. The molecule has 1 N–H and O–H groups in total. The van der Waals surface area contributed by atoms with Crippen LogP contribution in [-0.2, 0) is 21.5 Å². The number of aliphatic hydroxyl groups is 1. The van der Waals surface area contributed by atoms with E-state index in [0.717, 1.165) is 13.0 Å². The highest BCUT2D eigenvalue weighted by atomic mass is 79.9. The lowest BCUT2D eigenvalue weighted by molar-refractivity contribution is -0.302. The van der Waals surface area contributed by atoms with Gasteiger partial charge in [-0.25, -0.2) is 0 Å². The molecule has 142 valence electrons. The number of hydrogen-bond acceptors (Lipinski definition) is 4. The quantitative estimate of drug-likeness (QED) is 0.573. The maximum absolute atomic E-state index is 12.3. The number of ether oxygens (including phenoxy) is 1. The van der Waals surface area contributed by atoms with Crippen LogP contribution in [0, 0.1) is 5.41 Å². The predicted molar refractivity (Wildman–Crippen MR) is 105 cm³/mol. The zero-order valence-corrected chi connectivity index (χ0v) is 18.9. The largest absolute Gasteiger partial charge is 0.385 e. The monoisotopic (exact) mass is 431 g/mol. The molecule has 5 nitrogen and oxygen atoms in total. The number of halogens is 1. The van der Waals surface area contributed by atoms with E-state index in [2.05, 4.69) is 63.6 Å². The second kappa shape index (κ2) is 6.60. The maximum Gasteiger partial charge on any atom is 0.208 e. The Morgan fingerprint density at radius 2 is 1.96 bits per heavy atom. The van der Waals surface area contributed by atoms with Crippen molar-refractivity contribution in [1.29, 1.82) is 0 Å². The summed E-state index contributed by atoms with van der Waals surface area (Å²) in [6, 6.07) is 1.58. The molecule has 1 atom stereocenters. The van der Waals surface area contributed by atoms with Gasteiger partial charge < -0.3 is 18.8 Å². The van der Waals surface area contributed by atoms with Crippen molar-refractivity contribution in [3.8, 4) is 0 Å². The molecule has 7 heteroatoms. The molecule has 1 unspecified atom stereocenters. The van der Waals surface area contributed by atoms with Crippen molar-refractivity contribution in [3.05, 3.63) is 32.7 Å². The van der Waals surface area contributed by atoms with Crippen LogP contribution in [-0.4, -0.2) is 24.8 Å². The minimum Gasteiger partial charge on any atom is -0.385 e. The summed E-state index contributed by atoms with van der Waals surface area (Å²) in [7, 11) is -2.25. The summed E-state index contributed by atoms with van der Waals surface area (Å²) in [5.41, 5.74) is 0.162. The molecule has 0 aromatic carbocycles. The molecular formula is C18H30BrNO4Si. The maximum atomic E-state index is 12.3. The van der Waals surface area contributed by atoms with Gasteiger partial charge in [0, 0.05) is 24.2 Å². The second-order valence-corrected chi connectivity index (χ2v) is 14.5. The van der Waals surface area contributed by atoms with Crippen LogP contribution in [0.4, 0.5) is 0 Å². The van der Waals surface area contributed by atoms with Crippen molar-refractivity contribution in [2.45, 2.75) is 71.5 Å². The van der Waals surface area contributed by atoms with Crippen molar-refractivity contribution in [2.24, 2.45) is 5.41 Å². The Balaban J connectivity index is 2.73. The zero-order valence-electron chi connectivity index (χ0n) is 16.3. The molecule has 25 heavy (non-hydrogen) atoms. The minimum atomic E-state index is -2.25. The highest BCUT2D eigenvalue weighted by Gasteiger charge is 2.57. The summed E-state index contributed by atoms with van der Waals surface area (Å²) in [5, 5.41) is 9.65. The normalized spacial score (nSPS) is 23.4. The van der Waals surface area contributed by atoms with Crippen LogP contribution in [0.3, 0.4) is 0 Å². The van der Waals surface area contributed by atoms with Gasteiger partial charge >= 0.3 is 0 Å². The van der Waals surface area contributed by atoms with Crippen molar-refractivity contribution < 1.29 is 14.3 Å². The summed E-state index contributed by atoms with van der Waals surface area (Å²) < 4.78 is 15.2. The van der Waals surface area contributed by atoms with Crippen LogP contribution in [0.25, 0.3) is 0 Å². The molecule has 0 bridgehead atoms. The van der Waals surface area contributed by atoms with E-state index in [4.69, 9.17) is 9.16 Å². The number of rotatable bonds is 4. The van der Waals surface area contributed by atoms with Crippen LogP contribution in [0.1, 0.15) is 46.7 Å². The van der Waals surface area contributed by atoms with E-state index in [1.54, 1.807) is 12.3 Å². The Bertz CT molecular complexity index is 708. The number of aryl methyl sites for hydroxylation is 1. The molecule has 0 fully saturated rings. The third-order valence-corrected chi connectivity index (χ3v) is 10.8. The standard InChI is InChI=1S/C18H30BrNO4Si/c1-16(2,3)25(6,7)24-18(23-12-21)15-10-14(22)13(19)11-20(15)9-8-17(18,4)5/h10-11,21H,8-9,12H2,1-7H3. The van der Waals surface area contributed by atoms with Gasteiger partial charge in [0.05, 0.1) is 10.2 Å². The molecule has 0 radical (unpaired) electrons. The summed E-state index contributed by atoms with van der Waals surface area (Å²) in [4.78, 5) is 12.3. The topological polar surface area (TPSA) is 60.7 Å². The van der Waals surface area contributed by atoms with Gasteiger partial charge in [0.1, 0.15) is 6.79 Å². The molecule has 0 amide bonds. The van der Waals surface area contributed by atoms with Gasteiger partial charge in [0.15, 0.2) is 13.7 Å². The number of hydrogen-bond donors (Lipinski definition) is 1. The van der Waals surface area contributed by atoms with Gasteiger partial charge in [-0.1, -0.05) is 34.6 Å². The van der Waals surface area contributed by atoms with E-state index in [-0.39, 0.29) is 10.5 Å². The summed E-state index contributed by atoms with van der Waals surface area (Å²) in [6.45, 7) is 15.2. The van der Waals surface area contributed by atoms with Crippen LogP contribution in [0.5, 0.6) is 0 Å². The van der Waals surface area contributed by atoms with Crippen molar-refractivity contribution in [2.75, 3.05) is 6.79 Å². The Kier molecular flexibility index (Phi) is 5.50. The SMILES string of the molecule is CC1(C)CCn2cc(Br)c(=O)cc2C1(OCO)O[Si](C)(C)C(C)(C)C. The molecule has 0 aliphatic carbocycles. The molecule has 1 aromatic heterocycles. The smallest absolute Gasteiger partial charge is 0.208 e. The second-order valence-electron chi connectivity index (χ2n) is 8.95. The Labute approximate surface area is 159 Å². The molecule has 1 aromatic rings. The van der Waals surface area contributed by atoms with E-state index in [1.165, 1.54) is 0 Å². The van der Waals surface area contributed by atoms with Gasteiger partial charge in [-0.15, -0.1) is 0 Å². The Morgan fingerprint density at radius 1 is 1.36 bits per heavy atom. The fourth-order valence-corrected chi connectivity index (χ4v) is 4.85. The third kappa shape index (κ3) is 3.54. The molecule has 0 spiro atoms. The highest BCUT2D eigenvalue weighted by Crippen LogP contribution is 2.53. The fourth-order valence-electron chi connectivity index (χ4n) is 3.02. The average molecular weight is 432 g/mol. The van der Waals surface area contributed by atoms with Gasteiger partial charge in [-0.2, -0.15) is 0 Å². The third-order valence-electron chi connectivity index (χ3n) is 5.76.